The van der Waals surface area contributed by atoms with Crippen LogP contribution < -0.4 is 10.3 Å². The van der Waals surface area contributed by atoms with Gasteiger partial charge >= 0.3 is 0 Å². The van der Waals surface area contributed by atoms with Gasteiger partial charge < -0.3 is 9.84 Å². The third-order valence-corrected chi connectivity index (χ3v) is 4.16. The molecule has 1 saturated heterocycles. The Balaban J connectivity index is 1.43. The summed E-state index contributed by atoms with van der Waals surface area (Å²) in [4.78, 5) is 18.5. The lowest BCUT2D eigenvalue weighted by Crippen LogP contribution is -2.53. The maximum absolute atomic E-state index is 13.6. The lowest BCUT2D eigenvalue weighted by molar-refractivity contribution is 0.0116. The number of aromatic hydroxyl groups is 1. The molecule has 7 heteroatoms. The molecule has 0 radical (unpaired) electrons. The summed E-state index contributed by atoms with van der Waals surface area (Å²) in [5, 5.41) is 9.87. The molecule has 0 saturated carbocycles. The Hall–Kier alpha value is -2.93. The molecule has 2 aromatic heterocycles. The SMILES string of the molecule is O=c1cc(CN2CC(Oc3ccccc3F)C2)nc2c(O)cccn12. The van der Waals surface area contributed by atoms with Gasteiger partial charge in [-0.3, -0.25) is 14.1 Å². The van der Waals surface area contributed by atoms with Crippen LogP contribution in [-0.2, 0) is 6.54 Å². The van der Waals surface area contributed by atoms with Gasteiger partial charge in [0.15, 0.2) is 23.0 Å². The molecule has 0 unspecified atom stereocenters. The van der Waals surface area contributed by atoms with Crippen molar-refractivity contribution in [1.29, 1.82) is 0 Å². The number of hydrogen-bond donors (Lipinski definition) is 1. The number of rotatable bonds is 4. The molecule has 0 spiro atoms. The fraction of sp³-hybridized carbons (Fsp3) is 0.222. The summed E-state index contributed by atoms with van der Waals surface area (Å²) >= 11 is 0. The topological polar surface area (TPSA) is 67.1 Å². The van der Waals surface area contributed by atoms with Crippen molar-refractivity contribution in [2.24, 2.45) is 0 Å². The van der Waals surface area contributed by atoms with Gasteiger partial charge in [0.25, 0.3) is 5.56 Å². The minimum absolute atomic E-state index is 0.0363. The zero-order valence-electron chi connectivity index (χ0n) is 13.3. The molecule has 6 nitrogen and oxygen atoms in total. The van der Waals surface area contributed by atoms with E-state index in [1.54, 1.807) is 30.5 Å². The van der Waals surface area contributed by atoms with Crippen LogP contribution in [0.4, 0.5) is 4.39 Å². The molecule has 128 valence electrons. The van der Waals surface area contributed by atoms with Gasteiger partial charge in [0, 0.05) is 31.9 Å². The molecule has 0 atom stereocenters. The smallest absolute Gasteiger partial charge is 0.258 e. The van der Waals surface area contributed by atoms with Gasteiger partial charge in [0.1, 0.15) is 6.10 Å². The standard InChI is InChI=1S/C18H16FN3O3/c19-14-4-1-2-6-16(14)25-13-10-21(11-13)9-12-8-17(24)22-7-3-5-15(23)18(22)20-12/h1-8,13,23H,9-11H2. The van der Waals surface area contributed by atoms with E-state index in [-0.39, 0.29) is 34.6 Å². The fourth-order valence-electron chi connectivity index (χ4n) is 2.91. The van der Waals surface area contributed by atoms with Crippen LogP contribution in [0.15, 0.2) is 53.5 Å². The molecule has 1 fully saturated rings. The minimum Gasteiger partial charge on any atom is -0.504 e. The van der Waals surface area contributed by atoms with Crippen LogP contribution in [0.1, 0.15) is 5.69 Å². The normalized spacial score (nSPS) is 15.2. The first-order valence-corrected chi connectivity index (χ1v) is 7.94. The minimum atomic E-state index is -0.374. The molecule has 0 amide bonds. The Bertz CT molecular complexity index is 983. The first kappa shape index (κ1) is 15.6. The Kier molecular flexibility index (Phi) is 3.85. The summed E-state index contributed by atoms with van der Waals surface area (Å²) in [6, 6.07) is 10.9. The highest BCUT2D eigenvalue weighted by Crippen LogP contribution is 2.22. The summed E-state index contributed by atoms with van der Waals surface area (Å²) in [7, 11) is 0. The number of para-hydroxylation sites is 1. The summed E-state index contributed by atoms with van der Waals surface area (Å²) in [6.45, 7) is 1.71. The summed E-state index contributed by atoms with van der Waals surface area (Å²) in [5.41, 5.74) is 0.580. The van der Waals surface area contributed by atoms with Crippen LogP contribution in [0, 0.1) is 5.82 Å². The van der Waals surface area contributed by atoms with Gasteiger partial charge in [0.05, 0.1) is 5.69 Å². The monoisotopic (exact) mass is 341 g/mol. The first-order chi connectivity index (χ1) is 12.1. The first-order valence-electron chi connectivity index (χ1n) is 7.94. The quantitative estimate of drug-likeness (QED) is 0.784. The van der Waals surface area contributed by atoms with Crippen molar-refractivity contribution in [3.8, 4) is 11.5 Å². The largest absolute Gasteiger partial charge is 0.504 e. The number of likely N-dealkylation sites (tertiary alicyclic amines) is 1. The Morgan fingerprint density at radius 3 is 2.84 bits per heavy atom. The van der Waals surface area contributed by atoms with E-state index >= 15 is 0 Å². The van der Waals surface area contributed by atoms with E-state index in [1.165, 1.54) is 22.6 Å². The zero-order chi connectivity index (χ0) is 17.4. The van der Waals surface area contributed by atoms with E-state index in [0.717, 1.165) is 0 Å². The van der Waals surface area contributed by atoms with Crippen LogP contribution in [-0.4, -0.2) is 38.6 Å². The second-order valence-electron chi connectivity index (χ2n) is 6.04. The van der Waals surface area contributed by atoms with Gasteiger partial charge in [-0.2, -0.15) is 0 Å². The van der Waals surface area contributed by atoms with Gasteiger partial charge in [-0.15, -0.1) is 0 Å². The predicted octanol–water partition coefficient (Wildman–Crippen LogP) is 1.80. The lowest BCUT2D eigenvalue weighted by Gasteiger charge is -2.38. The lowest BCUT2D eigenvalue weighted by atomic mass is 10.1. The molecule has 1 N–H and O–H groups in total. The van der Waals surface area contributed by atoms with Crippen LogP contribution in [0.3, 0.4) is 0 Å². The van der Waals surface area contributed by atoms with Crippen molar-refractivity contribution in [1.82, 2.24) is 14.3 Å². The van der Waals surface area contributed by atoms with Gasteiger partial charge in [-0.05, 0) is 24.3 Å². The van der Waals surface area contributed by atoms with Crippen molar-refractivity contribution < 1.29 is 14.2 Å². The number of aromatic nitrogens is 2. The molecule has 1 aliphatic heterocycles. The van der Waals surface area contributed by atoms with Crippen LogP contribution >= 0.6 is 0 Å². The number of hydrogen-bond acceptors (Lipinski definition) is 5. The van der Waals surface area contributed by atoms with Gasteiger partial charge in [0.2, 0.25) is 0 Å². The second kappa shape index (κ2) is 6.18. The average molecular weight is 341 g/mol. The van der Waals surface area contributed by atoms with Crippen molar-refractivity contribution in [3.05, 3.63) is 70.5 Å². The van der Waals surface area contributed by atoms with Crippen LogP contribution in [0.25, 0.3) is 5.65 Å². The number of pyridine rings is 1. The molecular formula is C18H16FN3O3. The maximum Gasteiger partial charge on any atom is 0.258 e. The van der Waals surface area contributed by atoms with Crippen molar-refractivity contribution in [2.45, 2.75) is 12.6 Å². The van der Waals surface area contributed by atoms with E-state index in [1.807, 2.05) is 4.90 Å². The van der Waals surface area contributed by atoms with E-state index in [4.69, 9.17) is 4.74 Å². The average Bonchev–Trinajstić information content (AvgIpc) is 2.56. The molecule has 3 heterocycles. The third-order valence-electron chi connectivity index (χ3n) is 4.16. The Labute approximate surface area is 142 Å². The van der Waals surface area contributed by atoms with Crippen molar-refractivity contribution in [3.63, 3.8) is 0 Å². The second-order valence-corrected chi connectivity index (χ2v) is 6.04. The summed E-state index contributed by atoms with van der Waals surface area (Å²) < 4.78 is 20.5. The van der Waals surface area contributed by atoms with Gasteiger partial charge in [-0.25, -0.2) is 9.37 Å². The molecule has 3 aromatic rings. The molecular weight excluding hydrogens is 325 g/mol. The number of fused-ring (bicyclic) bond motifs is 1. The van der Waals surface area contributed by atoms with Gasteiger partial charge in [-0.1, -0.05) is 12.1 Å². The highest BCUT2D eigenvalue weighted by molar-refractivity contribution is 5.52. The van der Waals surface area contributed by atoms with E-state index < -0.39 is 0 Å². The number of ether oxygens (including phenoxy) is 1. The number of halogens is 1. The van der Waals surface area contributed by atoms with Crippen molar-refractivity contribution >= 4 is 5.65 Å². The fourth-order valence-corrected chi connectivity index (χ4v) is 2.91. The zero-order valence-corrected chi connectivity index (χ0v) is 13.3. The Morgan fingerprint density at radius 2 is 2.04 bits per heavy atom. The third kappa shape index (κ3) is 3.06. The predicted molar refractivity (Wildman–Crippen MR) is 89.2 cm³/mol. The summed E-state index contributed by atoms with van der Waals surface area (Å²) in [5.74, 6) is -0.161. The van der Waals surface area contributed by atoms with E-state index in [9.17, 15) is 14.3 Å². The number of nitrogens with zero attached hydrogens (tertiary/aromatic N) is 3. The molecule has 25 heavy (non-hydrogen) atoms. The van der Waals surface area contributed by atoms with E-state index in [2.05, 4.69) is 4.98 Å². The highest BCUT2D eigenvalue weighted by atomic mass is 19.1. The molecule has 4 rings (SSSR count). The van der Waals surface area contributed by atoms with Crippen LogP contribution in [0.2, 0.25) is 0 Å². The number of benzene rings is 1. The Morgan fingerprint density at radius 1 is 1.24 bits per heavy atom. The maximum atomic E-state index is 13.6. The molecule has 0 aliphatic carbocycles. The molecule has 1 aromatic carbocycles. The summed E-state index contributed by atoms with van der Waals surface area (Å²) in [6.07, 6.45) is 1.47. The highest BCUT2D eigenvalue weighted by Gasteiger charge is 2.29. The molecule has 1 aliphatic rings. The van der Waals surface area contributed by atoms with Crippen LogP contribution in [0.5, 0.6) is 11.5 Å². The van der Waals surface area contributed by atoms with E-state index in [0.29, 0.717) is 25.3 Å². The van der Waals surface area contributed by atoms with Crippen molar-refractivity contribution in [2.75, 3.05) is 13.1 Å². The molecule has 0 bridgehead atoms.